The molecule has 0 saturated heterocycles. The Bertz CT molecular complexity index is 567. The third kappa shape index (κ3) is 3.52. The molecule has 1 rings (SSSR count). The minimum atomic E-state index is -4.30. The van der Waals surface area contributed by atoms with Crippen LogP contribution in [-0.2, 0) is 20.6 Å². The van der Waals surface area contributed by atoms with Crippen molar-refractivity contribution < 1.29 is 22.5 Å². The molecule has 0 aliphatic rings. The quantitative estimate of drug-likeness (QED) is 0.653. The van der Waals surface area contributed by atoms with Crippen molar-refractivity contribution in [3.8, 4) is 6.07 Å². The molecule has 0 atom stereocenters. The largest absolute Gasteiger partial charge is 0.462 e. The summed E-state index contributed by atoms with van der Waals surface area (Å²) < 4.78 is 35.1. The molecular formula is C9H9NO5S2. The number of ether oxygens (including phenoxy) is 1. The maximum Gasteiger partial charge on any atom is 0.339 e. The van der Waals surface area contributed by atoms with Crippen LogP contribution in [0.25, 0.3) is 0 Å². The van der Waals surface area contributed by atoms with E-state index in [1.54, 1.807) is 13.0 Å². The SMILES string of the molecule is CCOC(=O)c1csc(C#N)c1CS(=O)(=O)O. The van der Waals surface area contributed by atoms with Crippen LogP contribution < -0.4 is 0 Å². The van der Waals surface area contributed by atoms with Crippen molar-refractivity contribution in [2.45, 2.75) is 12.7 Å². The van der Waals surface area contributed by atoms with Gasteiger partial charge in [-0.05, 0) is 6.92 Å². The van der Waals surface area contributed by atoms with Crippen molar-refractivity contribution in [2.24, 2.45) is 0 Å². The Morgan fingerprint density at radius 3 is 2.76 bits per heavy atom. The van der Waals surface area contributed by atoms with Gasteiger partial charge in [0.2, 0.25) is 0 Å². The maximum atomic E-state index is 11.5. The molecule has 17 heavy (non-hydrogen) atoms. The Hall–Kier alpha value is -1.43. The Morgan fingerprint density at radius 1 is 1.65 bits per heavy atom. The monoisotopic (exact) mass is 275 g/mol. The number of nitrogens with zero attached hydrogens (tertiary/aromatic N) is 1. The zero-order valence-corrected chi connectivity index (χ0v) is 10.5. The van der Waals surface area contributed by atoms with E-state index in [4.69, 9.17) is 14.6 Å². The first kappa shape index (κ1) is 13.6. The molecule has 1 aromatic heterocycles. The molecule has 0 fully saturated rings. The topological polar surface area (TPSA) is 104 Å². The van der Waals surface area contributed by atoms with Gasteiger partial charge in [-0.3, -0.25) is 4.55 Å². The van der Waals surface area contributed by atoms with E-state index >= 15 is 0 Å². The third-order valence-electron chi connectivity index (χ3n) is 1.82. The molecule has 0 aromatic carbocycles. The summed E-state index contributed by atoms with van der Waals surface area (Å²) in [4.78, 5) is 11.6. The predicted octanol–water partition coefficient (Wildman–Crippen LogP) is 1.18. The smallest absolute Gasteiger partial charge is 0.339 e. The van der Waals surface area contributed by atoms with Crippen molar-refractivity contribution >= 4 is 27.4 Å². The van der Waals surface area contributed by atoms with Crippen LogP contribution in [0.4, 0.5) is 0 Å². The second-order valence-electron chi connectivity index (χ2n) is 3.02. The summed E-state index contributed by atoms with van der Waals surface area (Å²) in [5, 5.41) is 10.1. The summed E-state index contributed by atoms with van der Waals surface area (Å²) in [6.07, 6.45) is 0. The normalized spacial score (nSPS) is 10.9. The van der Waals surface area contributed by atoms with Gasteiger partial charge in [-0.1, -0.05) is 0 Å². The van der Waals surface area contributed by atoms with Crippen LogP contribution in [0.1, 0.15) is 27.7 Å². The number of carbonyl (C=O) groups is 1. The van der Waals surface area contributed by atoms with Crippen molar-refractivity contribution in [1.29, 1.82) is 5.26 Å². The Labute approximate surface area is 102 Å². The van der Waals surface area contributed by atoms with E-state index in [0.29, 0.717) is 0 Å². The molecule has 1 heterocycles. The van der Waals surface area contributed by atoms with Gasteiger partial charge in [0, 0.05) is 10.9 Å². The van der Waals surface area contributed by atoms with E-state index in [1.165, 1.54) is 5.38 Å². The summed E-state index contributed by atoms with van der Waals surface area (Å²) in [6.45, 7) is 1.75. The van der Waals surface area contributed by atoms with Gasteiger partial charge < -0.3 is 4.74 Å². The van der Waals surface area contributed by atoms with E-state index in [2.05, 4.69) is 0 Å². The van der Waals surface area contributed by atoms with E-state index in [-0.39, 0.29) is 22.6 Å². The van der Waals surface area contributed by atoms with Gasteiger partial charge in [0.15, 0.2) is 0 Å². The number of nitriles is 1. The Kier molecular flexibility index (Phi) is 4.22. The molecule has 6 nitrogen and oxygen atoms in total. The van der Waals surface area contributed by atoms with Gasteiger partial charge in [-0.15, -0.1) is 11.3 Å². The highest BCUT2D eigenvalue weighted by Gasteiger charge is 2.22. The molecule has 0 amide bonds. The van der Waals surface area contributed by atoms with Crippen LogP contribution in [0.2, 0.25) is 0 Å². The summed E-state index contributed by atoms with van der Waals surface area (Å²) in [5.41, 5.74) is -0.00975. The van der Waals surface area contributed by atoms with E-state index in [0.717, 1.165) is 11.3 Å². The minimum Gasteiger partial charge on any atom is -0.462 e. The fourth-order valence-electron chi connectivity index (χ4n) is 1.18. The highest BCUT2D eigenvalue weighted by molar-refractivity contribution is 7.85. The highest BCUT2D eigenvalue weighted by atomic mass is 32.2. The first-order valence-electron chi connectivity index (χ1n) is 4.51. The summed E-state index contributed by atoms with van der Waals surface area (Å²) >= 11 is 0.934. The van der Waals surface area contributed by atoms with Crippen molar-refractivity contribution in [3.63, 3.8) is 0 Å². The number of rotatable bonds is 4. The lowest BCUT2D eigenvalue weighted by Crippen LogP contribution is -2.10. The number of esters is 1. The predicted molar refractivity (Wildman–Crippen MR) is 60.2 cm³/mol. The zero-order chi connectivity index (χ0) is 13.1. The van der Waals surface area contributed by atoms with Gasteiger partial charge in [0.1, 0.15) is 16.7 Å². The molecule has 0 saturated carbocycles. The average molecular weight is 275 g/mol. The standard InChI is InChI=1S/C9H9NO5S2/c1-2-15-9(11)6-4-16-8(3-10)7(6)5-17(12,13)14/h4H,2,5H2,1H3,(H,12,13,14). The van der Waals surface area contributed by atoms with Crippen molar-refractivity contribution in [3.05, 3.63) is 21.4 Å². The number of hydrogen-bond acceptors (Lipinski definition) is 6. The molecular weight excluding hydrogens is 266 g/mol. The third-order valence-corrected chi connectivity index (χ3v) is 3.40. The number of thiophene rings is 1. The van der Waals surface area contributed by atoms with Crippen LogP contribution in [0.3, 0.4) is 0 Å². The first-order valence-corrected chi connectivity index (χ1v) is 7.00. The first-order chi connectivity index (χ1) is 7.89. The van der Waals surface area contributed by atoms with E-state index in [9.17, 15) is 13.2 Å². The van der Waals surface area contributed by atoms with Crippen LogP contribution in [0.15, 0.2) is 5.38 Å². The second-order valence-corrected chi connectivity index (χ2v) is 5.35. The number of carbonyl (C=O) groups excluding carboxylic acids is 1. The van der Waals surface area contributed by atoms with Gasteiger partial charge in [-0.25, -0.2) is 4.79 Å². The molecule has 0 bridgehead atoms. The molecule has 1 aromatic rings. The van der Waals surface area contributed by atoms with Crippen molar-refractivity contribution in [1.82, 2.24) is 0 Å². The van der Waals surface area contributed by atoms with Crippen LogP contribution in [0.5, 0.6) is 0 Å². The molecule has 0 spiro atoms. The van der Waals surface area contributed by atoms with Crippen LogP contribution in [-0.4, -0.2) is 25.5 Å². The molecule has 8 heteroatoms. The van der Waals surface area contributed by atoms with Gasteiger partial charge in [0.05, 0.1) is 12.2 Å². The zero-order valence-electron chi connectivity index (χ0n) is 8.84. The van der Waals surface area contributed by atoms with E-state index < -0.39 is 21.8 Å². The van der Waals surface area contributed by atoms with Crippen LogP contribution in [0, 0.1) is 11.3 Å². The number of hydrogen-bond donors (Lipinski definition) is 1. The fraction of sp³-hybridized carbons (Fsp3) is 0.333. The lowest BCUT2D eigenvalue weighted by atomic mass is 10.2. The second kappa shape index (κ2) is 5.27. The van der Waals surface area contributed by atoms with Gasteiger partial charge in [0.25, 0.3) is 10.1 Å². The lowest BCUT2D eigenvalue weighted by molar-refractivity contribution is 0.0526. The Morgan fingerprint density at radius 2 is 2.29 bits per heavy atom. The fourth-order valence-corrected chi connectivity index (χ4v) is 2.79. The molecule has 0 unspecified atom stereocenters. The van der Waals surface area contributed by atoms with Gasteiger partial charge in [-0.2, -0.15) is 13.7 Å². The molecule has 0 aliphatic heterocycles. The van der Waals surface area contributed by atoms with Gasteiger partial charge >= 0.3 is 5.97 Å². The summed E-state index contributed by atoms with van der Waals surface area (Å²) in [5.74, 6) is -1.48. The van der Waals surface area contributed by atoms with Crippen molar-refractivity contribution in [2.75, 3.05) is 6.61 Å². The van der Waals surface area contributed by atoms with Crippen LogP contribution >= 0.6 is 11.3 Å². The van der Waals surface area contributed by atoms with E-state index in [1.807, 2.05) is 0 Å². The lowest BCUT2D eigenvalue weighted by Gasteiger charge is -2.02. The maximum absolute atomic E-state index is 11.5. The highest BCUT2D eigenvalue weighted by Crippen LogP contribution is 2.24. The molecule has 0 aliphatic carbocycles. The minimum absolute atomic E-state index is 0.00558. The molecule has 92 valence electrons. The summed E-state index contributed by atoms with van der Waals surface area (Å²) in [7, 11) is -4.30. The molecule has 1 N–H and O–H groups in total. The molecule has 0 radical (unpaired) electrons. The Balaban J connectivity index is 3.20. The average Bonchev–Trinajstić information content (AvgIpc) is 2.58. The summed E-state index contributed by atoms with van der Waals surface area (Å²) in [6, 6.07) is 1.77.